The van der Waals surface area contributed by atoms with E-state index in [0.717, 1.165) is 0 Å². The average Bonchev–Trinajstić information content (AvgIpc) is 2.77. The van der Waals surface area contributed by atoms with Gasteiger partial charge in [0.1, 0.15) is 17.5 Å². The molecule has 0 aliphatic carbocycles. The van der Waals surface area contributed by atoms with Crippen molar-refractivity contribution in [3.05, 3.63) is 59.7 Å². The minimum Gasteiger partial charge on any atom is -0.497 e. The Labute approximate surface area is 182 Å². The summed E-state index contributed by atoms with van der Waals surface area (Å²) in [6.07, 6.45) is -0.996. The second-order valence-corrected chi connectivity index (χ2v) is 7.32. The molecule has 0 aliphatic rings. The highest BCUT2D eigenvalue weighted by molar-refractivity contribution is 6.01. The van der Waals surface area contributed by atoms with Gasteiger partial charge in [-0.1, -0.05) is 13.8 Å². The van der Waals surface area contributed by atoms with Crippen LogP contribution in [0.4, 0.5) is 0 Å². The van der Waals surface area contributed by atoms with Gasteiger partial charge in [0.05, 0.1) is 13.7 Å². The molecule has 0 unspecified atom stereocenters. The Morgan fingerprint density at radius 2 is 1.42 bits per heavy atom. The number of ketones is 1. The molecule has 0 aromatic heterocycles. The van der Waals surface area contributed by atoms with Crippen LogP contribution in [0.1, 0.15) is 48.4 Å². The van der Waals surface area contributed by atoms with Crippen molar-refractivity contribution in [1.29, 1.82) is 0 Å². The number of benzene rings is 2. The highest BCUT2D eigenvalue weighted by Gasteiger charge is 2.29. The van der Waals surface area contributed by atoms with E-state index >= 15 is 0 Å². The van der Waals surface area contributed by atoms with Gasteiger partial charge >= 0.3 is 5.97 Å². The molecule has 166 valence electrons. The maximum Gasteiger partial charge on any atom is 0.329 e. The van der Waals surface area contributed by atoms with Crippen LogP contribution < -0.4 is 14.8 Å². The number of ether oxygens (including phenoxy) is 3. The third kappa shape index (κ3) is 6.57. The second-order valence-electron chi connectivity index (χ2n) is 7.32. The highest BCUT2D eigenvalue weighted by Crippen LogP contribution is 2.16. The maximum atomic E-state index is 12.7. The van der Waals surface area contributed by atoms with Gasteiger partial charge in [-0.3, -0.25) is 9.59 Å². The molecule has 1 amide bonds. The van der Waals surface area contributed by atoms with Gasteiger partial charge in [0.15, 0.2) is 6.10 Å². The lowest BCUT2D eigenvalue weighted by Gasteiger charge is -2.23. The summed E-state index contributed by atoms with van der Waals surface area (Å²) in [7, 11) is 1.54. The van der Waals surface area contributed by atoms with E-state index < -0.39 is 24.0 Å². The number of esters is 1. The number of nitrogens with one attached hydrogen (secondary N) is 1. The van der Waals surface area contributed by atoms with E-state index in [4.69, 9.17) is 14.2 Å². The summed E-state index contributed by atoms with van der Waals surface area (Å²) in [6, 6.07) is 12.3. The number of hydrogen-bond donors (Lipinski definition) is 1. The number of carbonyl (C=O) groups excluding carboxylic acids is 3. The summed E-state index contributed by atoms with van der Waals surface area (Å²) in [6.45, 7) is 7.50. The van der Waals surface area contributed by atoms with Crippen LogP contribution in [0.5, 0.6) is 11.5 Å². The predicted octanol–water partition coefficient (Wildman–Crippen LogP) is 3.66. The SMILES string of the molecule is CCOc1ccc(C(=O)[C@H](C)OC(=O)[C@@H](NC(=O)c2ccc(OC)cc2)C(C)C)cc1. The van der Waals surface area contributed by atoms with E-state index in [1.165, 1.54) is 14.0 Å². The van der Waals surface area contributed by atoms with Gasteiger partial charge in [-0.05, 0) is 68.3 Å². The third-order valence-electron chi connectivity index (χ3n) is 4.67. The van der Waals surface area contributed by atoms with Crippen LogP contribution in [0.3, 0.4) is 0 Å². The Kier molecular flexibility index (Phi) is 8.61. The molecule has 0 saturated carbocycles. The fourth-order valence-corrected chi connectivity index (χ4v) is 2.88. The molecule has 0 heterocycles. The van der Waals surface area contributed by atoms with Crippen LogP contribution in [0.25, 0.3) is 0 Å². The molecular formula is C24H29NO6. The normalized spacial score (nSPS) is 12.6. The summed E-state index contributed by atoms with van der Waals surface area (Å²) in [4.78, 5) is 37.9. The molecule has 0 bridgehead atoms. The fraction of sp³-hybridized carbons (Fsp3) is 0.375. The van der Waals surface area contributed by atoms with Crippen molar-refractivity contribution in [2.75, 3.05) is 13.7 Å². The van der Waals surface area contributed by atoms with Crippen molar-refractivity contribution in [2.24, 2.45) is 5.92 Å². The monoisotopic (exact) mass is 427 g/mol. The molecule has 7 nitrogen and oxygen atoms in total. The van der Waals surface area contributed by atoms with Crippen molar-refractivity contribution in [1.82, 2.24) is 5.32 Å². The summed E-state index contributed by atoms with van der Waals surface area (Å²) in [5.74, 6) is -0.363. The summed E-state index contributed by atoms with van der Waals surface area (Å²) in [5, 5.41) is 2.69. The molecule has 2 atom stereocenters. The van der Waals surface area contributed by atoms with E-state index in [1.807, 2.05) is 6.92 Å². The van der Waals surface area contributed by atoms with Crippen LogP contribution in [0.2, 0.25) is 0 Å². The van der Waals surface area contributed by atoms with Crippen LogP contribution in [0, 0.1) is 5.92 Å². The van der Waals surface area contributed by atoms with E-state index in [9.17, 15) is 14.4 Å². The van der Waals surface area contributed by atoms with Gasteiger partial charge in [-0.15, -0.1) is 0 Å². The van der Waals surface area contributed by atoms with Crippen molar-refractivity contribution in [2.45, 2.75) is 39.8 Å². The Bertz CT molecular complexity index is 889. The predicted molar refractivity (Wildman–Crippen MR) is 117 cm³/mol. The van der Waals surface area contributed by atoms with E-state index in [1.54, 1.807) is 62.4 Å². The molecule has 0 saturated heterocycles. The van der Waals surface area contributed by atoms with Crippen molar-refractivity contribution in [3.8, 4) is 11.5 Å². The molecule has 0 spiro atoms. The van der Waals surface area contributed by atoms with E-state index in [2.05, 4.69) is 5.32 Å². The lowest BCUT2D eigenvalue weighted by molar-refractivity contribution is -0.149. The zero-order chi connectivity index (χ0) is 23.0. The summed E-state index contributed by atoms with van der Waals surface area (Å²) < 4.78 is 15.8. The quantitative estimate of drug-likeness (QED) is 0.460. The number of carbonyl (C=O) groups is 3. The number of methoxy groups -OCH3 is 1. The molecule has 7 heteroatoms. The average molecular weight is 427 g/mol. The Morgan fingerprint density at radius 1 is 0.871 bits per heavy atom. The molecule has 0 fully saturated rings. The first-order valence-corrected chi connectivity index (χ1v) is 10.2. The van der Waals surface area contributed by atoms with E-state index in [0.29, 0.717) is 29.2 Å². The molecule has 1 N–H and O–H groups in total. The van der Waals surface area contributed by atoms with Gasteiger partial charge in [-0.25, -0.2) is 4.79 Å². The zero-order valence-electron chi connectivity index (χ0n) is 18.5. The second kappa shape index (κ2) is 11.2. The largest absolute Gasteiger partial charge is 0.497 e. The van der Waals surface area contributed by atoms with Gasteiger partial charge in [0.2, 0.25) is 5.78 Å². The highest BCUT2D eigenvalue weighted by atomic mass is 16.5. The maximum absolute atomic E-state index is 12.7. The minimum atomic E-state index is -0.996. The first-order valence-electron chi connectivity index (χ1n) is 10.2. The summed E-state index contributed by atoms with van der Waals surface area (Å²) in [5.41, 5.74) is 0.796. The molecule has 0 radical (unpaired) electrons. The standard InChI is InChI=1S/C24H29NO6/c1-6-30-20-13-7-17(8-14-20)22(26)16(4)31-24(28)21(15(2)3)25-23(27)18-9-11-19(29-5)12-10-18/h7-16,21H,6H2,1-5H3,(H,25,27)/t16-,21-/m0/s1. The van der Waals surface area contributed by atoms with Crippen molar-refractivity contribution < 1.29 is 28.6 Å². The summed E-state index contributed by atoms with van der Waals surface area (Å²) >= 11 is 0. The molecule has 2 aromatic rings. The van der Waals surface area contributed by atoms with E-state index in [-0.39, 0.29) is 11.7 Å². The number of hydrogen-bond acceptors (Lipinski definition) is 6. The van der Waals surface area contributed by atoms with Gasteiger partial charge in [-0.2, -0.15) is 0 Å². The van der Waals surface area contributed by atoms with Crippen LogP contribution in [-0.4, -0.2) is 43.5 Å². The minimum absolute atomic E-state index is 0.234. The Balaban J connectivity index is 2.03. The number of Topliss-reactive ketones (excluding diaryl/α,β-unsaturated/α-hetero) is 1. The molecular weight excluding hydrogens is 398 g/mol. The van der Waals surface area contributed by atoms with Gasteiger partial charge in [0, 0.05) is 11.1 Å². The molecule has 0 aliphatic heterocycles. The topological polar surface area (TPSA) is 90.9 Å². The Morgan fingerprint density at radius 3 is 1.94 bits per heavy atom. The third-order valence-corrected chi connectivity index (χ3v) is 4.67. The van der Waals surface area contributed by atoms with Crippen molar-refractivity contribution >= 4 is 17.7 Å². The molecule has 2 rings (SSSR count). The van der Waals surface area contributed by atoms with Crippen LogP contribution in [0.15, 0.2) is 48.5 Å². The molecule has 2 aromatic carbocycles. The Hall–Kier alpha value is -3.35. The smallest absolute Gasteiger partial charge is 0.329 e. The van der Waals surface area contributed by atoms with Gasteiger partial charge in [0.25, 0.3) is 5.91 Å². The van der Waals surface area contributed by atoms with Crippen LogP contribution >= 0.6 is 0 Å². The van der Waals surface area contributed by atoms with Gasteiger partial charge < -0.3 is 19.5 Å². The van der Waals surface area contributed by atoms with Crippen molar-refractivity contribution in [3.63, 3.8) is 0 Å². The lowest BCUT2D eigenvalue weighted by atomic mass is 10.0. The fourth-order valence-electron chi connectivity index (χ4n) is 2.88. The number of amides is 1. The number of rotatable bonds is 10. The zero-order valence-corrected chi connectivity index (χ0v) is 18.5. The lowest BCUT2D eigenvalue weighted by Crippen LogP contribution is -2.46. The van der Waals surface area contributed by atoms with Crippen LogP contribution in [-0.2, 0) is 9.53 Å². The molecule has 31 heavy (non-hydrogen) atoms. The first-order chi connectivity index (χ1) is 14.8. The first kappa shape index (κ1) is 23.9.